The zero-order chi connectivity index (χ0) is 19.7. The number of Topliss-reactive ketones (excluding diaryl/α,β-unsaturated/α-hetero) is 1. The van der Waals surface area contributed by atoms with Crippen LogP contribution in [0.4, 0.5) is 5.82 Å². The number of benzene rings is 1. The van der Waals surface area contributed by atoms with E-state index < -0.39 is 0 Å². The number of ketones is 1. The van der Waals surface area contributed by atoms with Crippen molar-refractivity contribution in [2.75, 3.05) is 18.0 Å². The molecule has 0 N–H and O–H groups in total. The van der Waals surface area contributed by atoms with Gasteiger partial charge in [0.25, 0.3) is 0 Å². The first-order valence-corrected chi connectivity index (χ1v) is 9.67. The zero-order valence-electron chi connectivity index (χ0n) is 16.6. The number of nitrogens with zero attached hydrogens (tertiary/aromatic N) is 4. The monoisotopic (exact) mass is 372 g/mol. The van der Waals surface area contributed by atoms with Gasteiger partial charge in [-0.25, -0.2) is 9.97 Å². The molecule has 4 rings (SSSR count). The summed E-state index contributed by atoms with van der Waals surface area (Å²) in [5, 5.41) is 0. The van der Waals surface area contributed by atoms with E-state index in [2.05, 4.69) is 33.9 Å². The third kappa shape index (κ3) is 3.52. The van der Waals surface area contributed by atoms with E-state index in [4.69, 9.17) is 4.98 Å². The molecule has 0 radical (unpaired) electrons. The van der Waals surface area contributed by atoms with Crippen molar-refractivity contribution in [3.63, 3.8) is 0 Å². The van der Waals surface area contributed by atoms with Gasteiger partial charge in [0.1, 0.15) is 11.5 Å². The number of carbonyl (C=O) groups excluding carboxylic acids is 1. The molecule has 3 heterocycles. The summed E-state index contributed by atoms with van der Waals surface area (Å²) in [4.78, 5) is 28.0. The number of anilines is 1. The maximum Gasteiger partial charge on any atom is 0.180 e. The van der Waals surface area contributed by atoms with E-state index in [9.17, 15) is 4.79 Å². The van der Waals surface area contributed by atoms with Gasteiger partial charge >= 0.3 is 0 Å². The van der Waals surface area contributed by atoms with Crippen LogP contribution >= 0.6 is 0 Å². The zero-order valence-corrected chi connectivity index (χ0v) is 16.6. The predicted molar refractivity (Wildman–Crippen MR) is 111 cm³/mol. The Hall–Kier alpha value is -3.08. The summed E-state index contributed by atoms with van der Waals surface area (Å²) in [6.45, 7) is 7.49. The van der Waals surface area contributed by atoms with Crippen molar-refractivity contribution in [3.8, 4) is 11.5 Å². The lowest BCUT2D eigenvalue weighted by atomic mass is 9.99. The standard InChI is InChI=1S/C23H24N4O/c1-15-16(2)25-22(21-6-4-5-11-24-21)26-23(15)27-12-9-18-7-8-19(17(3)28)14-20(18)10-13-27/h4-8,11,14H,9-10,12-13H2,1-3H3. The minimum absolute atomic E-state index is 0.117. The van der Waals surface area contributed by atoms with E-state index in [1.807, 2.05) is 31.2 Å². The van der Waals surface area contributed by atoms with Gasteiger partial charge < -0.3 is 4.90 Å². The molecule has 142 valence electrons. The number of hydrogen-bond acceptors (Lipinski definition) is 5. The number of fused-ring (bicyclic) bond motifs is 1. The number of aromatic nitrogens is 3. The van der Waals surface area contributed by atoms with Crippen LogP contribution in [0.25, 0.3) is 11.5 Å². The van der Waals surface area contributed by atoms with E-state index in [0.717, 1.165) is 54.3 Å². The molecule has 0 amide bonds. The topological polar surface area (TPSA) is 59.0 Å². The summed E-state index contributed by atoms with van der Waals surface area (Å²) in [6.07, 6.45) is 3.61. The number of hydrogen-bond donors (Lipinski definition) is 0. The average Bonchev–Trinajstić information content (AvgIpc) is 2.92. The van der Waals surface area contributed by atoms with Crippen molar-refractivity contribution in [1.82, 2.24) is 15.0 Å². The SMILES string of the molecule is CC(=O)c1ccc2c(c1)CCN(c1nc(-c3ccccn3)nc(C)c1C)CC2. The Kier molecular flexibility index (Phi) is 4.90. The smallest absolute Gasteiger partial charge is 0.180 e. The minimum atomic E-state index is 0.117. The lowest BCUT2D eigenvalue weighted by Crippen LogP contribution is -2.28. The van der Waals surface area contributed by atoms with Crippen LogP contribution in [0.1, 0.15) is 39.7 Å². The van der Waals surface area contributed by atoms with E-state index in [1.165, 1.54) is 11.1 Å². The molecule has 1 aliphatic heterocycles. The Bertz CT molecular complexity index is 1030. The average molecular weight is 372 g/mol. The fraction of sp³-hybridized carbons (Fsp3) is 0.304. The second-order valence-corrected chi connectivity index (χ2v) is 7.32. The van der Waals surface area contributed by atoms with Gasteiger partial charge in [0.15, 0.2) is 11.6 Å². The number of pyridine rings is 1. The maximum atomic E-state index is 11.7. The number of aryl methyl sites for hydroxylation is 1. The minimum Gasteiger partial charge on any atom is -0.356 e. The highest BCUT2D eigenvalue weighted by atomic mass is 16.1. The van der Waals surface area contributed by atoms with Crippen LogP contribution in [-0.4, -0.2) is 33.8 Å². The third-order valence-electron chi connectivity index (χ3n) is 5.47. The van der Waals surface area contributed by atoms with Crippen molar-refractivity contribution in [2.24, 2.45) is 0 Å². The van der Waals surface area contributed by atoms with Gasteiger partial charge in [-0.15, -0.1) is 0 Å². The molecule has 0 saturated heterocycles. The first kappa shape index (κ1) is 18.3. The summed E-state index contributed by atoms with van der Waals surface area (Å²) in [5.74, 6) is 1.76. The van der Waals surface area contributed by atoms with Crippen LogP contribution in [0.2, 0.25) is 0 Å². The summed E-state index contributed by atoms with van der Waals surface area (Å²) >= 11 is 0. The van der Waals surface area contributed by atoms with Crippen molar-refractivity contribution in [2.45, 2.75) is 33.6 Å². The normalized spacial score (nSPS) is 13.8. The highest BCUT2D eigenvalue weighted by molar-refractivity contribution is 5.94. The Morgan fingerprint density at radius 3 is 2.50 bits per heavy atom. The Morgan fingerprint density at radius 2 is 1.79 bits per heavy atom. The molecule has 1 aliphatic rings. The molecule has 0 saturated carbocycles. The molecule has 5 nitrogen and oxygen atoms in total. The lowest BCUT2D eigenvalue weighted by Gasteiger charge is -2.24. The Labute approximate surface area is 165 Å². The van der Waals surface area contributed by atoms with E-state index in [0.29, 0.717) is 5.82 Å². The molecular formula is C23H24N4O. The molecule has 2 aromatic heterocycles. The Balaban J connectivity index is 1.66. The quantitative estimate of drug-likeness (QED) is 0.651. The van der Waals surface area contributed by atoms with Crippen molar-refractivity contribution in [3.05, 3.63) is 70.5 Å². The van der Waals surface area contributed by atoms with Crippen molar-refractivity contribution in [1.29, 1.82) is 0 Å². The molecule has 0 bridgehead atoms. The summed E-state index contributed by atoms with van der Waals surface area (Å²) < 4.78 is 0. The van der Waals surface area contributed by atoms with E-state index >= 15 is 0 Å². The van der Waals surface area contributed by atoms with Crippen LogP contribution < -0.4 is 4.90 Å². The first-order valence-electron chi connectivity index (χ1n) is 9.67. The van der Waals surface area contributed by atoms with Gasteiger partial charge in [0, 0.05) is 36.1 Å². The molecule has 5 heteroatoms. The van der Waals surface area contributed by atoms with Crippen molar-refractivity contribution < 1.29 is 4.79 Å². The van der Waals surface area contributed by atoms with Gasteiger partial charge in [0.2, 0.25) is 0 Å². The van der Waals surface area contributed by atoms with Gasteiger partial charge in [-0.05, 0) is 62.9 Å². The fourth-order valence-corrected chi connectivity index (χ4v) is 3.69. The fourth-order valence-electron chi connectivity index (χ4n) is 3.69. The van der Waals surface area contributed by atoms with Gasteiger partial charge in [-0.3, -0.25) is 9.78 Å². The van der Waals surface area contributed by atoms with Crippen LogP contribution in [-0.2, 0) is 12.8 Å². The predicted octanol–water partition coefficient (Wildman–Crippen LogP) is 3.96. The molecule has 0 spiro atoms. The molecule has 0 unspecified atom stereocenters. The van der Waals surface area contributed by atoms with Crippen LogP contribution in [0, 0.1) is 13.8 Å². The molecule has 0 aliphatic carbocycles. The van der Waals surface area contributed by atoms with Crippen LogP contribution in [0.15, 0.2) is 42.6 Å². The second kappa shape index (κ2) is 7.50. The highest BCUT2D eigenvalue weighted by Gasteiger charge is 2.20. The molecule has 1 aromatic carbocycles. The van der Waals surface area contributed by atoms with Gasteiger partial charge in [-0.1, -0.05) is 18.2 Å². The maximum absolute atomic E-state index is 11.7. The summed E-state index contributed by atoms with van der Waals surface area (Å²) in [5.41, 5.74) is 6.25. The first-order chi connectivity index (χ1) is 13.5. The summed E-state index contributed by atoms with van der Waals surface area (Å²) in [6, 6.07) is 11.9. The lowest BCUT2D eigenvalue weighted by molar-refractivity contribution is 0.101. The molecule has 0 fully saturated rings. The third-order valence-corrected chi connectivity index (χ3v) is 5.47. The molecule has 0 atom stereocenters. The van der Waals surface area contributed by atoms with Crippen molar-refractivity contribution >= 4 is 11.6 Å². The summed E-state index contributed by atoms with van der Waals surface area (Å²) in [7, 11) is 0. The second-order valence-electron chi connectivity index (χ2n) is 7.32. The number of rotatable bonds is 3. The van der Waals surface area contributed by atoms with Crippen LogP contribution in [0.5, 0.6) is 0 Å². The molecule has 28 heavy (non-hydrogen) atoms. The van der Waals surface area contributed by atoms with E-state index in [1.54, 1.807) is 13.1 Å². The van der Waals surface area contributed by atoms with E-state index in [-0.39, 0.29) is 5.78 Å². The number of carbonyl (C=O) groups is 1. The van der Waals surface area contributed by atoms with Gasteiger partial charge in [0.05, 0.1) is 0 Å². The molecular weight excluding hydrogens is 348 g/mol. The van der Waals surface area contributed by atoms with Crippen LogP contribution in [0.3, 0.4) is 0 Å². The molecule has 3 aromatic rings. The Morgan fingerprint density at radius 1 is 1.00 bits per heavy atom. The van der Waals surface area contributed by atoms with Gasteiger partial charge in [-0.2, -0.15) is 0 Å². The highest BCUT2D eigenvalue weighted by Crippen LogP contribution is 2.26. The largest absolute Gasteiger partial charge is 0.356 e.